The minimum atomic E-state index is -2.90. The summed E-state index contributed by atoms with van der Waals surface area (Å²) in [5.74, 6) is 0.268. The van der Waals surface area contributed by atoms with Gasteiger partial charge in [0.1, 0.15) is 5.75 Å². The summed E-state index contributed by atoms with van der Waals surface area (Å²) in [6.45, 7) is -2.90. The molecule has 0 aliphatic rings. The van der Waals surface area contributed by atoms with Gasteiger partial charge in [-0.1, -0.05) is 16.8 Å². The smallest absolute Gasteiger partial charge is 0.387 e. The predicted molar refractivity (Wildman–Crippen MR) is 107 cm³/mol. The molecule has 4 aromatic rings. The molecular formula is C19H11ClF2N4O3S. The van der Waals surface area contributed by atoms with E-state index < -0.39 is 12.5 Å². The molecule has 0 atom stereocenters. The Bertz CT molecular complexity index is 1160. The van der Waals surface area contributed by atoms with Gasteiger partial charge in [-0.15, -0.1) is 0 Å². The van der Waals surface area contributed by atoms with Crippen LogP contribution in [0.1, 0.15) is 10.5 Å². The normalized spacial score (nSPS) is 10.9. The number of benzene rings is 2. The van der Waals surface area contributed by atoms with Crippen molar-refractivity contribution in [3.8, 4) is 28.5 Å². The first-order valence-corrected chi connectivity index (χ1v) is 9.56. The maximum atomic E-state index is 12.4. The van der Waals surface area contributed by atoms with Crippen LogP contribution in [0.4, 0.5) is 13.9 Å². The molecule has 11 heteroatoms. The van der Waals surface area contributed by atoms with Crippen LogP contribution in [0.5, 0.6) is 5.75 Å². The van der Waals surface area contributed by atoms with Crippen LogP contribution in [0.25, 0.3) is 22.7 Å². The number of carbonyl (C=O) groups is 1. The molecule has 0 saturated carbocycles. The van der Waals surface area contributed by atoms with Gasteiger partial charge < -0.3 is 9.26 Å². The molecule has 152 valence electrons. The second-order valence-electron chi connectivity index (χ2n) is 5.86. The highest BCUT2D eigenvalue weighted by Crippen LogP contribution is 2.25. The second kappa shape index (κ2) is 8.56. The topological polar surface area (TPSA) is 90.1 Å². The van der Waals surface area contributed by atoms with Crippen LogP contribution in [0.15, 0.2) is 59.1 Å². The summed E-state index contributed by atoms with van der Waals surface area (Å²) < 4.78 is 38.1. The molecule has 0 radical (unpaired) electrons. The van der Waals surface area contributed by atoms with Crippen molar-refractivity contribution in [3.05, 3.63) is 65.3 Å². The van der Waals surface area contributed by atoms with Crippen molar-refractivity contribution < 1.29 is 22.8 Å². The zero-order chi connectivity index (χ0) is 21.1. The van der Waals surface area contributed by atoms with Gasteiger partial charge in [-0.05, 0) is 48.5 Å². The lowest BCUT2D eigenvalue weighted by Crippen LogP contribution is -2.11. The Labute approximate surface area is 177 Å². The molecule has 2 heterocycles. The minimum absolute atomic E-state index is 0.0278. The number of amides is 1. The lowest BCUT2D eigenvalue weighted by atomic mass is 10.1. The average Bonchev–Trinajstić information content (AvgIpc) is 3.39. The average molecular weight is 449 g/mol. The standard InChI is InChI=1S/C19H11ClF2N4O3S/c20-12-5-1-10(2-6-12)15-9-14(25-29-15)17(27)24-19-23-16(26-30-19)11-3-7-13(8-4-11)28-18(21)22/h1-9,18H,(H,23,24,26,27). The van der Waals surface area contributed by atoms with E-state index in [-0.39, 0.29) is 16.6 Å². The summed E-state index contributed by atoms with van der Waals surface area (Å²) in [5, 5.41) is 7.20. The van der Waals surface area contributed by atoms with Gasteiger partial charge in [0, 0.05) is 33.7 Å². The van der Waals surface area contributed by atoms with E-state index in [1.54, 1.807) is 36.4 Å². The van der Waals surface area contributed by atoms with Gasteiger partial charge in [-0.3, -0.25) is 10.1 Å². The van der Waals surface area contributed by atoms with Gasteiger partial charge in [0.15, 0.2) is 17.3 Å². The Morgan fingerprint density at radius 2 is 1.80 bits per heavy atom. The van der Waals surface area contributed by atoms with Crippen molar-refractivity contribution in [2.24, 2.45) is 0 Å². The summed E-state index contributed by atoms with van der Waals surface area (Å²) >= 11 is 6.83. The Kier molecular flexibility index (Phi) is 5.68. The maximum absolute atomic E-state index is 12.4. The zero-order valence-electron chi connectivity index (χ0n) is 14.9. The summed E-state index contributed by atoms with van der Waals surface area (Å²) in [5.41, 5.74) is 1.38. The Balaban J connectivity index is 1.43. The van der Waals surface area contributed by atoms with Crippen molar-refractivity contribution >= 4 is 34.2 Å². The number of hydrogen-bond acceptors (Lipinski definition) is 7. The predicted octanol–water partition coefficient (Wildman–Crippen LogP) is 5.37. The lowest BCUT2D eigenvalue weighted by Gasteiger charge is -2.03. The third kappa shape index (κ3) is 4.61. The van der Waals surface area contributed by atoms with E-state index in [4.69, 9.17) is 16.1 Å². The fourth-order valence-corrected chi connectivity index (χ4v) is 3.18. The quantitative estimate of drug-likeness (QED) is 0.426. The molecule has 2 aromatic carbocycles. The van der Waals surface area contributed by atoms with Gasteiger partial charge in [0.2, 0.25) is 5.13 Å². The Morgan fingerprint density at radius 3 is 2.50 bits per heavy atom. The summed E-state index contributed by atoms with van der Waals surface area (Å²) in [4.78, 5) is 16.6. The van der Waals surface area contributed by atoms with Gasteiger partial charge >= 0.3 is 6.61 Å². The van der Waals surface area contributed by atoms with Crippen LogP contribution >= 0.6 is 23.1 Å². The molecule has 0 aliphatic carbocycles. The number of nitrogens with zero attached hydrogens (tertiary/aromatic N) is 3. The number of halogens is 3. The van der Waals surface area contributed by atoms with Crippen LogP contribution in [0.3, 0.4) is 0 Å². The molecule has 0 unspecified atom stereocenters. The van der Waals surface area contributed by atoms with E-state index in [1.165, 1.54) is 18.2 Å². The van der Waals surface area contributed by atoms with Crippen molar-refractivity contribution in [2.45, 2.75) is 6.61 Å². The third-order valence-electron chi connectivity index (χ3n) is 3.86. The van der Waals surface area contributed by atoms with E-state index in [0.717, 1.165) is 17.1 Å². The van der Waals surface area contributed by atoms with Crippen molar-refractivity contribution in [1.29, 1.82) is 0 Å². The molecule has 30 heavy (non-hydrogen) atoms. The molecule has 0 fully saturated rings. The van der Waals surface area contributed by atoms with E-state index >= 15 is 0 Å². The molecule has 0 bridgehead atoms. The highest BCUT2D eigenvalue weighted by atomic mass is 35.5. The van der Waals surface area contributed by atoms with E-state index in [0.29, 0.717) is 22.2 Å². The van der Waals surface area contributed by atoms with Gasteiger partial charge in [-0.25, -0.2) is 0 Å². The lowest BCUT2D eigenvalue weighted by molar-refractivity contribution is -0.0498. The molecule has 0 spiro atoms. The first-order chi connectivity index (χ1) is 14.5. The van der Waals surface area contributed by atoms with Gasteiger partial charge in [0.25, 0.3) is 5.91 Å². The maximum Gasteiger partial charge on any atom is 0.387 e. The van der Waals surface area contributed by atoms with Gasteiger partial charge in [0.05, 0.1) is 0 Å². The van der Waals surface area contributed by atoms with Crippen LogP contribution < -0.4 is 10.1 Å². The number of rotatable bonds is 6. The monoisotopic (exact) mass is 448 g/mol. The van der Waals surface area contributed by atoms with Crippen LogP contribution in [0, 0.1) is 0 Å². The number of aromatic nitrogens is 3. The van der Waals surface area contributed by atoms with Crippen LogP contribution in [-0.2, 0) is 0 Å². The molecule has 1 amide bonds. The van der Waals surface area contributed by atoms with Crippen molar-refractivity contribution in [3.63, 3.8) is 0 Å². The molecule has 1 N–H and O–H groups in total. The van der Waals surface area contributed by atoms with Gasteiger partial charge in [-0.2, -0.15) is 18.1 Å². The summed E-state index contributed by atoms with van der Waals surface area (Å²) in [6, 6.07) is 14.3. The number of nitrogens with one attached hydrogen (secondary N) is 1. The second-order valence-corrected chi connectivity index (χ2v) is 7.05. The van der Waals surface area contributed by atoms with E-state index in [1.807, 2.05) is 0 Å². The molecule has 0 saturated heterocycles. The highest BCUT2D eigenvalue weighted by Gasteiger charge is 2.16. The first-order valence-electron chi connectivity index (χ1n) is 8.41. The summed E-state index contributed by atoms with van der Waals surface area (Å²) in [6.07, 6.45) is 0. The van der Waals surface area contributed by atoms with Crippen LogP contribution in [-0.4, -0.2) is 27.0 Å². The fourth-order valence-electron chi connectivity index (χ4n) is 2.47. The number of carbonyl (C=O) groups excluding carboxylic acids is 1. The molecule has 7 nitrogen and oxygen atoms in total. The highest BCUT2D eigenvalue weighted by molar-refractivity contribution is 7.10. The Morgan fingerprint density at radius 1 is 1.10 bits per heavy atom. The van der Waals surface area contributed by atoms with E-state index in [9.17, 15) is 13.6 Å². The van der Waals surface area contributed by atoms with Crippen molar-refractivity contribution in [2.75, 3.05) is 5.32 Å². The summed E-state index contributed by atoms with van der Waals surface area (Å²) in [7, 11) is 0. The molecule has 2 aromatic heterocycles. The van der Waals surface area contributed by atoms with Crippen LogP contribution in [0.2, 0.25) is 5.02 Å². The molecule has 0 aliphatic heterocycles. The first kappa shape index (κ1) is 19.9. The van der Waals surface area contributed by atoms with E-state index in [2.05, 4.69) is 24.6 Å². The number of hydrogen-bond donors (Lipinski definition) is 1. The van der Waals surface area contributed by atoms with Crippen molar-refractivity contribution in [1.82, 2.24) is 14.5 Å². The largest absolute Gasteiger partial charge is 0.435 e. The number of alkyl halides is 2. The number of ether oxygens (including phenoxy) is 1. The third-order valence-corrected chi connectivity index (χ3v) is 4.74. The number of anilines is 1. The molecule has 4 rings (SSSR count). The molecular weight excluding hydrogens is 438 g/mol. The minimum Gasteiger partial charge on any atom is -0.435 e. The SMILES string of the molecule is O=C(Nc1nc(-c2ccc(OC(F)F)cc2)ns1)c1cc(-c2ccc(Cl)cc2)on1. The Hall–Kier alpha value is -3.37. The zero-order valence-corrected chi connectivity index (χ0v) is 16.5. The fraction of sp³-hybridized carbons (Fsp3) is 0.0526.